The molecule has 3 aliphatic rings. The highest BCUT2D eigenvalue weighted by atomic mass is 15.2. The van der Waals surface area contributed by atoms with E-state index >= 15 is 0 Å². The lowest BCUT2D eigenvalue weighted by molar-refractivity contribution is 0.661. The van der Waals surface area contributed by atoms with Crippen molar-refractivity contribution in [3.05, 3.63) is 264 Å². The summed E-state index contributed by atoms with van der Waals surface area (Å²) in [6.07, 6.45) is 0. The second-order valence-electron chi connectivity index (χ2n) is 18.0. The summed E-state index contributed by atoms with van der Waals surface area (Å²) in [6.45, 7) is 4.78. The highest BCUT2D eigenvalue weighted by Crippen LogP contribution is 2.67. The molecule has 1 unspecified atom stereocenters. The summed E-state index contributed by atoms with van der Waals surface area (Å²) in [6, 6.07) is 85.8. The number of nitrogens with zero attached hydrogens (tertiary/aromatic N) is 2. The lowest BCUT2D eigenvalue weighted by Crippen LogP contribution is -2.28. The monoisotopic (exact) mass is 816 g/mol. The lowest BCUT2D eigenvalue weighted by atomic mass is 9.69. The normalized spacial score (nSPS) is 15.5. The molecule has 0 fully saturated rings. The molecule has 3 aliphatic carbocycles. The van der Waals surface area contributed by atoms with Gasteiger partial charge in [0.25, 0.3) is 0 Å². The third-order valence-electron chi connectivity index (χ3n) is 14.4. The first-order valence-electron chi connectivity index (χ1n) is 22.4. The van der Waals surface area contributed by atoms with Crippen LogP contribution in [0.5, 0.6) is 0 Å². The van der Waals surface area contributed by atoms with Gasteiger partial charge in [-0.3, -0.25) is 0 Å². The minimum atomic E-state index is -0.647. The molecule has 2 nitrogen and oxygen atoms in total. The van der Waals surface area contributed by atoms with E-state index in [4.69, 9.17) is 0 Å². The van der Waals surface area contributed by atoms with Crippen LogP contribution < -0.4 is 9.80 Å². The fourth-order valence-electron chi connectivity index (χ4n) is 11.9. The number of fused-ring (bicyclic) bond motifs is 15. The zero-order valence-corrected chi connectivity index (χ0v) is 35.8. The van der Waals surface area contributed by atoms with Crippen LogP contribution in [0.25, 0.3) is 44.2 Å². The quantitative estimate of drug-likeness (QED) is 0.165. The van der Waals surface area contributed by atoms with E-state index in [0.29, 0.717) is 0 Å². The molecule has 0 amide bonds. The van der Waals surface area contributed by atoms with Crippen molar-refractivity contribution in [3.63, 3.8) is 0 Å². The largest absolute Gasteiger partial charge is 0.310 e. The van der Waals surface area contributed by atoms with Gasteiger partial charge in [-0.2, -0.15) is 0 Å². The predicted octanol–water partition coefficient (Wildman–Crippen LogP) is 16.4. The Labute approximate surface area is 375 Å². The molecule has 0 N–H and O–H groups in total. The summed E-state index contributed by atoms with van der Waals surface area (Å²) in [5.74, 6) is 0. The van der Waals surface area contributed by atoms with Gasteiger partial charge in [-0.1, -0.05) is 184 Å². The van der Waals surface area contributed by atoms with Crippen LogP contribution in [0.1, 0.15) is 47.2 Å². The van der Waals surface area contributed by atoms with Crippen molar-refractivity contribution in [2.24, 2.45) is 0 Å². The van der Waals surface area contributed by atoms with Crippen molar-refractivity contribution in [2.45, 2.75) is 24.7 Å². The molecule has 13 rings (SSSR count). The van der Waals surface area contributed by atoms with Crippen LogP contribution in [-0.2, 0) is 10.8 Å². The van der Waals surface area contributed by atoms with E-state index in [9.17, 15) is 0 Å². The average molecular weight is 817 g/mol. The van der Waals surface area contributed by atoms with E-state index in [-0.39, 0.29) is 5.41 Å². The second-order valence-corrected chi connectivity index (χ2v) is 18.0. The zero-order chi connectivity index (χ0) is 42.6. The molecule has 0 saturated carbocycles. The van der Waals surface area contributed by atoms with Gasteiger partial charge >= 0.3 is 0 Å². The standard InChI is InChI=1S/C62H44N2/c1-61(2)52-33-17-14-30-48(52)50-32-20-36-56(59(50)61)64(44-26-10-5-11-27-44)45-37-38-49-47-29-15-18-34-53(47)62(55(49)40-45)54-35-19-16-31-51(54)58-46-28-13-12-21-41(46)39-57(60(58)62)63(42-22-6-3-7-23-42)43-24-8-4-9-25-43/h3-40H,1-2H3. The number of rotatable bonds is 6. The molecular formula is C62H44N2. The molecule has 0 aliphatic heterocycles. The molecule has 1 spiro atoms. The summed E-state index contributed by atoms with van der Waals surface area (Å²) in [7, 11) is 0. The minimum absolute atomic E-state index is 0.207. The van der Waals surface area contributed by atoms with Gasteiger partial charge < -0.3 is 9.80 Å². The van der Waals surface area contributed by atoms with Gasteiger partial charge in [0.15, 0.2) is 0 Å². The summed E-state index contributed by atoms with van der Waals surface area (Å²) < 4.78 is 0. The van der Waals surface area contributed by atoms with E-state index in [0.717, 1.165) is 22.7 Å². The Kier molecular flexibility index (Phi) is 7.90. The van der Waals surface area contributed by atoms with Crippen molar-refractivity contribution >= 4 is 44.9 Å². The Morgan fingerprint density at radius 2 is 0.797 bits per heavy atom. The van der Waals surface area contributed by atoms with Gasteiger partial charge in [0.2, 0.25) is 0 Å². The molecule has 0 aromatic heterocycles. The first-order valence-corrected chi connectivity index (χ1v) is 22.4. The topological polar surface area (TPSA) is 6.48 Å². The van der Waals surface area contributed by atoms with Crippen LogP contribution in [0.4, 0.5) is 34.1 Å². The van der Waals surface area contributed by atoms with Crippen molar-refractivity contribution < 1.29 is 0 Å². The molecule has 10 aromatic carbocycles. The van der Waals surface area contributed by atoms with Gasteiger partial charge in [0.05, 0.1) is 16.8 Å². The molecule has 0 radical (unpaired) electrons. The minimum Gasteiger partial charge on any atom is -0.310 e. The molecule has 64 heavy (non-hydrogen) atoms. The first-order chi connectivity index (χ1) is 31.5. The van der Waals surface area contributed by atoms with E-state index in [2.05, 4.69) is 254 Å². The Balaban J connectivity index is 1.15. The summed E-state index contributed by atoms with van der Waals surface area (Å²) in [5, 5.41) is 2.48. The SMILES string of the molecule is CC1(C)c2ccccc2-c2cccc(N(c3ccccc3)c3ccc4c(c3)C3(c5ccccc5-4)c4ccccc4-c4c3c(N(c3ccccc3)c3ccccc3)cc3ccccc43)c21. The van der Waals surface area contributed by atoms with E-state index in [1.165, 1.54) is 88.9 Å². The van der Waals surface area contributed by atoms with Crippen molar-refractivity contribution in [1.82, 2.24) is 0 Å². The van der Waals surface area contributed by atoms with Gasteiger partial charge in [-0.15, -0.1) is 0 Å². The average Bonchev–Trinajstić information content (AvgIpc) is 3.92. The maximum Gasteiger partial charge on any atom is 0.0747 e. The molecule has 2 heteroatoms. The van der Waals surface area contributed by atoms with Crippen molar-refractivity contribution in [2.75, 3.05) is 9.80 Å². The van der Waals surface area contributed by atoms with Crippen LogP contribution in [0.2, 0.25) is 0 Å². The highest BCUT2D eigenvalue weighted by Gasteiger charge is 2.54. The van der Waals surface area contributed by atoms with Gasteiger partial charge in [-0.05, 0) is 133 Å². The smallest absolute Gasteiger partial charge is 0.0747 e. The van der Waals surface area contributed by atoms with E-state index < -0.39 is 5.41 Å². The number of hydrogen-bond donors (Lipinski definition) is 0. The lowest BCUT2D eigenvalue weighted by Gasteiger charge is -2.37. The summed E-state index contributed by atoms with van der Waals surface area (Å²) in [4.78, 5) is 5.01. The van der Waals surface area contributed by atoms with Crippen LogP contribution in [-0.4, -0.2) is 0 Å². The number of benzene rings is 10. The third-order valence-corrected chi connectivity index (χ3v) is 14.4. The Morgan fingerprint density at radius 1 is 0.312 bits per heavy atom. The van der Waals surface area contributed by atoms with Crippen LogP contribution in [0, 0.1) is 0 Å². The van der Waals surface area contributed by atoms with Crippen LogP contribution >= 0.6 is 0 Å². The van der Waals surface area contributed by atoms with Gasteiger partial charge in [-0.25, -0.2) is 0 Å². The van der Waals surface area contributed by atoms with Crippen molar-refractivity contribution in [3.8, 4) is 33.4 Å². The Hall–Kier alpha value is -7.94. The van der Waals surface area contributed by atoms with E-state index in [1.807, 2.05) is 0 Å². The number of para-hydroxylation sites is 3. The fraction of sp³-hybridized carbons (Fsp3) is 0.0645. The second kappa shape index (κ2) is 13.8. The van der Waals surface area contributed by atoms with Gasteiger partial charge in [0.1, 0.15) is 0 Å². The molecular weight excluding hydrogens is 773 g/mol. The summed E-state index contributed by atoms with van der Waals surface area (Å²) in [5.41, 5.74) is 21.7. The highest BCUT2D eigenvalue weighted by molar-refractivity contribution is 6.11. The predicted molar refractivity (Wildman–Crippen MR) is 267 cm³/mol. The number of hydrogen-bond acceptors (Lipinski definition) is 2. The molecule has 0 saturated heterocycles. The van der Waals surface area contributed by atoms with E-state index in [1.54, 1.807) is 0 Å². The maximum atomic E-state index is 2.54. The summed E-state index contributed by atoms with van der Waals surface area (Å²) >= 11 is 0. The Bertz CT molecular complexity index is 3440. The van der Waals surface area contributed by atoms with Crippen LogP contribution in [0.3, 0.4) is 0 Å². The van der Waals surface area contributed by atoms with Gasteiger partial charge in [0, 0.05) is 33.7 Å². The van der Waals surface area contributed by atoms with Crippen LogP contribution in [0.15, 0.2) is 231 Å². The van der Waals surface area contributed by atoms with Crippen molar-refractivity contribution in [1.29, 1.82) is 0 Å². The first kappa shape index (κ1) is 36.7. The molecule has 10 aromatic rings. The Morgan fingerprint density at radius 3 is 1.45 bits per heavy atom. The molecule has 302 valence electrons. The molecule has 1 atom stereocenters. The maximum absolute atomic E-state index is 2.54. The molecule has 0 bridgehead atoms. The number of anilines is 6. The third kappa shape index (κ3) is 4.97. The molecule has 0 heterocycles. The zero-order valence-electron chi connectivity index (χ0n) is 35.8. The fourth-order valence-corrected chi connectivity index (χ4v) is 11.9.